The van der Waals surface area contributed by atoms with Gasteiger partial charge < -0.3 is 0 Å². The Morgan fingerprint density at radius 2 is 1.65 bits per heavy atom. The molecule has 0 saturated carbocycles. The van der Waals surface area contributed by atoms with Crippen molar-refractivity contribution in [3.8, 4) is 0 Å². The number of benzene rings is 3. The molecular formula is C17H10ClFO. The van der Waals surface area contributed by atoms with Crippen LogP contribution in [0, 0.1) is 5.82 Å². The summed E-state index contributed by atoms with van der Waals surface area (Å²) in [5, 5.41) is 1.97. The minimum atomic E-state index is -0.454. The molecule has 0 radical (unpaired) electrons. The van der Waals surface area contributed by atoms with Gasteiger partial charge in [0.1, 0.15) is 5.82 Å². The minimum absolute atomic E-state index is 0.128. The van der Waals surface area contributed by atoms with Crippen LogP contribution < -0.4 is 0 Å². The lowest BCUT2D eigenvalue weighted by Gasteiger charge is -2.07. The molecule has 0 amide bonds. The highest BCUT2D eigenvalue weighted by atomic mass is 35.5. The maximum atomic E-state index is 13.1. The van der Waals surface area contributed by atoms with E-state index in [1.807, 2.05) is 36.4 Å². The average Bonchev–Trinajstić information content (AvgIpc) is 2.46. The monoisotopic (exact) mass is 284 g/mol. The van der Waals surface area contributed by atoms with Gasteiger partial charge in [-0.15, -0.1) is 0 Å². The van der Waals surface area contributed by atoms with Crippen LogP contribution in [0.1, 0.15) is 15.9 Å². The lowest BCUT2D eigenvalue weighted by Crippen LogP contribution is -2.03. The molecule has 0 heterocycles. The average molecular weight is 285 g/mol. The van der Waals surface area contributed by atoms with Gasteiger partial charge in [-0.05, 0) is 29.0 Å². The minimum Gasteiger partial charge on any atom is -0.289 e. The van der Waals surface area contributed by atoms with Gasteiger partial charge in [-0.2, -0.15) is 0 Å². The SMILES string of the molecule is O=C(c1ccc(F)cc1Cl)c1cccc2ccccc12. The van der Waals surface area contributed by atoms with Crippen LogP contribution in [0.25, 0.3) is 10.8 Å². The molecule has 0 aliphatic heterocycles. The van der Waals surface area contributed by atoms with Crippen molar-refractivity contribution >= 4 is 28.2 Å². The lowest BCUT2D eigenvalue weighted by atomic mass is 9.97. The van der Waals surface area contributed by atoms with Crippen LogP contribution in [0.2, 0.25) is 5.02 Å². The van der Waals surface area contributed by atoms with E-state index in [-0.39, 0.29) is 10.8 Å². The standard InChI is InChI=1S/C17H10ClFO/c18-16-10-12(19)8-9-15(16)17(20)14-7-3-5-11-4-1-2-6-13(11)14/h1-10H. The van der Waals surface area contributed by atoms with Gasteiger partial charge in [0.25, 0.3) is 0 Å². The first-order chi connectivity index (χ1) is 9.66. The van der Waals surface area contributed by atoms with Crippen LogP contribution in [0.4, 0.5) is 4.39 Å². The zero-order valence-electron chi connectivity index (χ0n) is 10.4. The zero-order valence-corrected chi connectivity index (χ0v) is 11.2. The van der Waals surface area contributed by atoms with E-state index in [2.05, 4.69) is 0 Å². The van der Waals surface area contributed by atoms with E-state index in [4.69, 9.17) is 11.6 Å². The van der Waals surface area contributed by atoms with E-state index < -0.39 is 5.82 Å². The normalized spacial score (nSPS) is 10.7. The van der Waals surface area contributed by atoms with Gasteiger partial charge in [-0.3, -0.25) is 4.79 Å². The summed E-state index contributed by atoms with van der Waals surface area (Å²) in [6.07, 6.45) is 0. The van der Waals surface area contributed by atoms with Crippen molar-refractivity contribution in [2.45, 2.75) is 0 Å². The van der Waals surface area contributed by atoms with Crippen LogP contribution in [-0.2, 0) is 0 Å². The number of fused-ring (bicyclic) bond motifs is 1. The molecule has 0 saturated heterocycles. The number of hydrogen-bond acceptors (Lipinski definition) is 1. The summed E-state index contributed by atoms with van der Waals surface area (Å²) in [6, 6.07) is 17.0. The molecule has 0 fully saturated rings. The highest BCUT2D eigenvalue weighted by molar-refractivity contribution is 6.35. The predicted octanol–water partition coefficient (Wildman–Crippen LogP) is 4.86. The third-order valence-electron chi connectivity index (χ3n) is 3.21. The summed E-state index contributed by atoms with van der Waals surface area (Å²) in [6.45, 7) is 0. The Kier molecular flexibility index (Phi) is 3.25. The first-order valence-corrected chi connectivity index (χ1v) is 6.52. The summed E-state index contributed by atoms with van der Waals surface area (Å²) in [5.74, 6) is -0.656. The van der Waals surface area contributed by atoms with Gasteiger partial charge in [-0.25, -0.2) is 4.39 Å². The summed E-state index contributed by atoms with van der Waals surface area (Å²) in [5.41, 5.74) is 0.876. The maximum absolute atomic E-state index is 13.1. The van der Waals surface area contributed by atoms with Crippen LogP contribution in [0.15, 0.2) is 60.7 Å². The number of halogens is 2. The Morgan fingerprint density at radius 3 is 2.45 bits per heavy atom. The highest BCUT2D eigenvalue weighted by Gasteiger charge is 2.15. The molecule has 0 aliphatic carbocycles. The predicted molar refractivity (Wildman–Crippen MR) is 78.8 cm³/mol. The van der Waals surface area contributed by atoms with Gasteiger partial charge >= 0.3 is 0 Å². The Morgan fingerprint density at radius 1 is 0.900 bits per heavy atom. The Labute approximate surface area is 120 Å². The van der Waals surface area contributed by atoms with E-state index in [1.165, 1.54) is 12.1 Å². The van der Waals surface area contributed by atoms with Crippen molar-refractivity contribution in [1.29, 1.82) is 0 Å². The molecular weight excluding hydrogens is 275 g/mol. The lowest BCUT2D eigenvalue weighted by molar-refractivity contribution is 0.104. The van der Waals surface area contributed by atoms with Gasteiger partial charge in [0.05, 0.1) is 5.02 Å². The van der Waals surface area contributed by atoms with E-state index in [0.717, 1.165) is 16.8 Å². The summed E-state index contributed by atoms with van der Waals surface area (Å²) in [4.78, 5) is 12.6. The number of carbonyl (C=O) groups excluding carboxylic acids is 1. The van der Waals surface area contributed by atoms with Crippen molar-refractivity contribution in [3.05, 3.63) is 82.6 Å². The van der Waals surface area contributed by atoms with Crippen molar-refractivity contribution < 1.29 is 9.18 Å². The van der Waals surface area contributed by atoms with Crippen LogP contribution >= 0.6 is 11.6 Å². The largest absolute Gasteiger partial charge is 0.289 e. The Bertz CT molecular complexity index is 806. The molecule has 0 N–H and O–H groups in total. The molecule has 0 aliphatic rings. The molecule has 0 aromatic heterocycles. The van der Waals surface area contributed by atoms with Gasteiger partial charge in [0.2, 0.25) is 0 Å². The van der Waals surface area contributed by atoms with Gasteiger partial charge in [-0.1, -0.05) is 54.1 Å². The summed E-state index contributed by atoms with van der Waals surface area (Å²) < 4.78 is 13.1. The van der Waals surface area contributed by atoms with E-state index in [1.54, 1.807) is 6.07 Å². The number of carbonyl (C=O) groups is 1. The second-order valence-corrected chi connectivity index (χ2v) is 4.89. The number of ketones is 1. The molecule has 0 atom stereocenters. The molecule has 3 aromatic carbocycles. The summed E-state index contributed by atoms with van der Waals surface area (Å²) >= 11 is 5.96. The maximum Gasteiger partial charge on any atom is 0.195 e. The molecule has 3 aromatic rings. The van der Waals surface area contributed by atoms with E-state index in [0.29, 0.717) is 11.1 Å². The first kappa shape index (κ1) is 12.8. The Hall–Kier alpha value is -2.19. The zero-order chi connectivity index (χ0) is 14.1. The molecule has 0 spiro atoms. The topological polar surface area (TPSA) is 17.1 Å². The third kappa shape index (κ3) is 2.19. The molecule has 98 valence electrons. The fourth-order valence-corrected chi connectivity index (χ4v) is 2.50. The highest BCUT2D eigenvalue weighted by Crippen LogP contribution is 2.25. The second-order valence-electron chi connectivity index (χ2n) is 4.48. The fraction of sp³-hybridized carbons (Fsp3) is 0. The van der Waals surface area contributed by atoms with Crippen LogP contribution in [0.3, 0.4) is 0 Å². The van der Waals surface area contributed by atoms with Crippen molar-refractivity contribution in [2.75, 3.05) is 0 Å². The van der Waals surface area contributed by atoms with Gasteiger partial charge in [0, 0.05) is 11.1 Å². The van der Waals surface area contributed by atoms with Crippen molar-refractivity contribution in [2.24, 2.45) is 0 Å². The number of rotatable bonds is 2. The third-order valence-corrected chi connectivity index (χ3v) is 3.52. The Balaban J connectivity index is 2.18. The molecule has 3 heteroatoms. The van der Waals surface area contributed by atoms with E-state index >= 15 is 0 Å². The van der Waals surface area contributed by atoms with Crippen LogP contribution in [0.5, 0.6) is 0 Å². The first-order valence-electron chi connectivity index (χ1n) is 6.14. The fourth-order valence-electron chi connectivity index (χ4n) is 2.24. The second kappa shape index (κ2) is 5.06. The van der Waals surface area contributed by atoms with E-state index in [9.17, 15) is 9.18 Å². The quantitative estimate of drug-likeness (QED) is 0.614. The number of hydrogen-bond donors (Lipinski definition) is 0. The molecule has 3 rings (SSSR count). The van der Waals surface area contributed by atoms with Crippen molar-refractivity contribution in [1.82, 2.24) is 0 Å². The molecule has 0 bridgehead atoms. The molecule has 1 nitrogen and oxygen atoms in total. The molecule has 20 heavy (non-hydrogen) atoms. The van der Waals surface area contributed by atoms with Crippen LogP contribution in [-0.4, -0.2) is 5.78 Å². The van der Waals surface area contributed by atoms with Crippen molar-refractivity contribution in [3.63, 3.8) is 0 Å². The van der Waals surface area contributed by atoms with Gasteiger partial charge in [0.15, 0.2) is 5.78 Å². The molecule has 0 unspecified atom stereocenters. The smallest absolute Gasteiger partial charge is 0.195 e. The summed E-state index contributed by atoms with van der Waals surface area (Å²) in [7, 11) is 0.